The topological polar surface area (TPSA) is 75.4 Å². The molecule has 30 heavy (non-hydrogen) atoms. The van der Waals surface area contributed by atoms with Crippen molar-refractivity contribution in [2.75, 3.05) is 13.1 Å². The zero-order valence-corrected chi connectivity index (χ0v) is 17.1. The maximum Gasteiger partial charge on any atom is 0.226 e. The molecule has 0 atom stereocenters. The molecule has 0 unspecified atom stereocenters. The first-order chi connectivity index (χ1) is 14.6. The molecule has 0 bridgehead atoms. The molecule has 2 fully saturated rings. The molecule has 2 aromatic rings. The Hall–Kier alpha value is -2.70. The largest absolute Gasteiger partial charge is 0.444 e. The van der Waals surface area contributed by atoms with Crippen molar-refractivity contribution in [3.63, 3.8) is 0 Å². The molecule has 1 aromatic heterocycles. The van der Waals surface area contributed by atoms with Gasteiger partial charge in [-0.15, -0.1) is 0 Å². The molecule has 0 spiro atoms. The van der Waals surface area contributed by atoms with Gasteiger partial charge in [0.05, 0.1) is 12.1 Å². The van der Waals surface area contributed by atoms with E-state index >= 15 is 0 Å². The average molecular weight is 413 g/mol. The number of benzene rings is 1. The molecule has 1 N–H and O–H groups in total. The summed E-state index contributed by atoms with van der Waals surface area (Å²) in [6.45, 7) is 1.41. The Morgan fingerprint density at radius 1 is 1.07 bits per heavy atom. The van der Waals surface area contributed by atoms with Crippen LogP contribution in [0.25, 0.3) is 11.5 Å². The Labute approximate surface area is 175 Å². The van der Waals surface area contributed by atoms with E-state index in [4.69, 9.17) is 4.42 Å². The van der Waals surface area contributed by atoms with Gasteiger partial charge < -0.3 is 14.6 Å². The number of oxazole rings is 1. The van der Waals surface area contributed by atoms with Crippen molar-refractivity contribution >= 4 is 11.8 Å². The van der Waals surface area contributed by atoms with Gasteiger partial charge in [0.1, 0.15) is 12.1 Å². The molecule has 1 aromatic carbocycles. The summed E-state index contributed by atoms with van der Waals surface area (Å²) >= 11 is 0. The average Bonchev–Trinajstić information content (AvgIpc) is 3.23. The van der Waals surface area contributed by atoms with Crippen LogP contribution in [-0.4, -0.2) is 40.8 Å². The van der Waals surface area contributed by atoms with Gasteiger partial charge in [-0.1, -0.05) is 19.3 Å². The summed E-state index contributed by atoms with van der Waals surface area (Å²) in [7, 11) is 0. The number of halogens is 1. The minimum absolute atomic E-state index is 0.0800. The molecule has 4 rings (SSSR count). The molecule has 0 radical (unpaired) electrons. The number of likely N-dealkylation sites (tertiary alicyclic amines) is 1. The van der Waals surface area contributed by atoms with Crippen LogP contribution >= 0.6 is 0 Å². The number of carbonyl (C=O) groups excluding carboxylic acids is 2. The van der Waals surface area contributed by atoms with Gasteiger partial charge in [-0.2, -0.15) is 0 Å². The summed E-state index contributed by atoms with van der Waals surface area (Å²) in [6.07, 6.45) is 8.76. The second kappa shape index (κ2) is 9.41. The van der Waals surface area contributed by atoms with Crippen LogP contribution in [0, 0.1) is 11.7 Å². The maximum absolute atomic E-state index is 13.0. The van der Waals surface area contributed by atoms with Gasteiger partial charge >= 0.3 is 0 Å². The Balaban J connectivity index is 1.23. The van der Waals surface area contributed by atoms with Crippen LogP contribution in [-0.2, 0) is 16.0 Å². The molecule has 7 heteroatoms. The summed E-state index contributed by atoms with van der Waals surface area (Å²) < 4.78 is 18.5. The summed E-state index contributed by atoms with van der Waals surface area (Å²) in [6, 6.07) is 5.95. The first-order valence-corrected chi connectivity index (χ1v) is 10.9. The minimum atomic E-state index is -0.323. The fraction of sp³-hybridized carbons (Fsp3) is 0.522. The van der Waals surface area contributed by atoms with E-state index in [0.717, 1.165) is 38.5 Å². The number of rotatable bonds is 5. The Morgan fingerprint density at radius 3 is 2.47 bits per heavy atom. The molecule has 2 aliphatic rings. The highest BCUT2D eigenvalue weighted by Crippen LogP contribution is 2.26. The zero-order valence-electron chi connectivity index (χ0n) is 17.1. The third-order valence-electron chi connectivity index (χ3n) is 6.11. The van der Waals surface area contributed by atoms with Gasteiger partial charge in [0.15, 0.2) is 0 Å². The molecule has 1 aliphatic carbocycles. The molecule has 6 nitrogen and oxygen atoms in total. The van der Waals surface area contributed by atoms with Crippen LogP contribution in [0.5, 0.6) is 0 Å². The van der Waals surface area contributed by atoms with E-state index in [0.29, 0.717) is 36.1 Å². The molecular weight excluding hydrogens is 385 g/mol. The second-order valence-electron chi connectivity index (χ2n) is 8.33. The number of nitrogens with one attached hydrogen (secondary N) is 1. The van der Waals surface area contributed by atoms with E-state index in [1.807, 2.05) is 4.90 Å². The Bertz CT molecular complexity index is 866. The van der Waals surface area contributed by atoms with Crippen molar-refractivity contribution in [3.8, 4) is 11.5 Å². The molecule has 1 aliphatic heterocycles. The third-order valence-corrected chi connectivity index (χ3v) is 6.11. The molecule has 160 valence electrons. The normalized spacial score (nSPS) is 18.4. The van der Waals surface area contributed by atoms with Crippen molar-refractivity contribution in [1.29, 1.82) is 0 Å². The number of piperidine rings is 1. The van der Waals surface area contributed by atoms with E-state index < -0.39 is 0 Å². The van der Waals surface area contributed by atoms with Crippen LogP contribution in [0.2, 0.25) is 0 Å². The summed E-state index contributed by atoms with van der Waals surface area (Å²) in [5.74, 6) is 0.442. The van der Waals surface area contributed by atoms with Crippen molar-refractivity contribution < 1.29 is 18.4 Å². The predicted molar refractivity (Wildman–Crippen MR) is 110 cm³/mol. The number of carbonyl (C=O) groups is 2. The smallest absolute Gasteiger partial charge is 0.226 e. The molecule has 1 saturated heterocycles. The minimum Gasteiger partial charge on any atom is -0.444 e. The highest BCUT2D eigenvalue weighted by atomic mass is 19.1. The van der Waals surface area contributed by atoms with Crippen LogP contribution in [0.1, 0.15) is 50.6 Å². The first kappa shape index (κ1) is 20.6. The fourth-order valence-corrected chi connectivity index (χ4v) is 4.41. The number of aromatic nitrogens is 1. The summed E-state index contributed by atoms with van der Waals surface area (Å²) in [5, 5.41) is 3.05. The monoisotopic (exact) mass is 413 g/mol. The van der Waals surface area contributed by atoms with Crippen molar-refractivity contribution in [2.45, 2.75) is 57.4 Å². The SMILES string of the molecule is O=C(Cc1coc(-c2ccc(F)cc2)n1)NC1CCN(C(=O)C2CCCCC2)CC1. The van der Waals surface area contributed by atoms with Crippen molar-refractivity contribution in [2.24, 2.45) is 5.92 Å². The number of hydrogen-bond acceptors (Lipinski definition) is 4. The Kier molecular flexibility index (Phi) is 6.45. The van der Waals surface area contributed by atoms with E-state index in [-0.39, 0.29) is 30.1 Å². The number of amides is 2. The lowest BCUT2D eigenvalue weighted by molar-refractivity contribution is -0.137. The van der Waals surface area contributed by atoms with Crippen LogP contribution < -0.4 is 5.32 Å². The van der Waals surface area contributed by atoms with E-state index in [1.54, 1.807) is 12.1 Å². The summed E-state index contributed by atoms with van der Waals surface area (Å²) in [4.78, 5) is 31.4. The highest BCUT2D eigenvalue weighted by molar-refractivity contribution is 5.80. The van der Waals surface area contributed by atoms with E-state index in [1.165, 1.54) is 24.8 Å². The van der Waals surface area contributed by atoms with Gasteiger partial charge in [-0.05, 0) is 49.9 Å². The van der Waals surface area contributed by atoms with Crippen LogP contribution in [0.3, 0.4) is 0 Å². The highest BCUT2D eigenvalue weighted by Gasteiger charge is 2.29. The van der Waals surface area contributed by atoms with Crippen LogP contribution in [0.4, 0.5) is 4.39 Å². The van der Waals surface area contributed by atoms with Gasteiger partial charge in [0.25, 0.3) is 0 Å². The van der Waals surface area contributed by atoms with Gasteiger partial charge in [0.2, 0.25) is 17.7 Å². The first-order valence-electron chi connectivity index (χ1n) is 10.9. The molecule has 1 saturated carbocycles. The van der Waals surface area contributed by atoms with Crippen molar-refractivity contribution in [3.05, 3.63) is 42.0 Å². The third kappa shape index (κ3) is 5.07. The quantitative estimate of drug-likeness (QED) is 0.811. The Morgan fingerprint density at radius 2 is 1.77 bits per heavy atom. The lowest BCUT2D eigenvalue weighted by Gasteiger charge is -2.35. The fourth-order valence-electron chi connectivity index (χ4n) is 4.41. The van der Waals surface area contributed by atoms with E-state index in [9.17, 15) is 14.0 Å². The van der Waals surface area contributed by atoms with Crippen molar-refractivity contribution in [1.82, 2.24) is 15.2 Å². The zero-order chi connectivity index (χ0) is 20.9. The van der Waals surface area contributed by atoms with Gasteiger partial charge in [0, 0.05) is 30.6 Å². The standard InChI is InChI=1S/C23H28FN3O3/c24-18-8-6-16(7-9-18)22-26-20(15-30-22)14-21(28)25-19-10-12-27(13-11-19)23(29)17-4-2-1-3-5-17/h6-9,15,17,19H,1-5,10-14H2,(H,25,28). The van der Waals surface area contributed by atoms with E-state index in [2.05, 4.69) is 10.3 Å². The number of hydrogen-bond donors (Lipinski definition) is 1. The molecule has 2 heterocycles. The second-order valence-corrected chi connectivity index (χ2v) is 8.33. The maximum atomic E-state index is 13.0. The predicted octanol–water partition coefficient (Wildman–Crippen LogP) is 3.71. The lowest BCUT2D eigenvalue weighted by Crippen LogP contribution is -2.48. The number of nitrogens with zero attached hydrogens (tertiary/aromatic N) is 2. The van der Waals surface area contributed by atoms with Gasteiger partial charge in [-0.25, -0.2) is 9.37 Å². The van der Waals surface area contributed by atoms with Crippen LogP contribution in [0.15, 0.2) is 34.9 Å². The summed E-state index contributed by atoms with van der Waals surface area (Å²) in [5.41, 5.74) is 1.20. The molecule has 2 amide bonds. The van der Waals surface area contributed by atoms with Gasteiger partial charge in [-0.3, -0.25) is 9.59 Å². The lowest BCUT2D eigenvalue weighted by atomic mass is 9.87. The molecular formula is C23H28FN3O3.